The minimum Gasteiger partial charge on any atom is -0.493 e. The Bertz CT molecular complexity index is 923. The first-order chi connectivity index (χ1) is 14.5. The highest BCUT2D eigenvalue weighted by atomic mass is 32.1. The summed E-state index contributed by atoms with van der Waals surface area (Å²) in [6.07, 6.45) is 5.38. The summed E-state index contributed by atoms with van der Waals surface area (Å²) in [5.74, 6) is 0.533. The fraction of sp³-hybridized carbons (Fsp3) is 0.545. The summed E-state index contributed by atoms with van der Waals surface area (Å²) in [5.41, 5.74) is 2.26. The molecule has 2 fully saturated rings. The Hall–Kier alpha value is -2.48. The van der Waals surface area contributed by atoms with Crippen LogP contribution in [0.5, 0.6) is 5.75 Å². The number of nitrogens with one attached hydrogen (secondary N) is 1. The summed E-state index contributed by atoms with van der Waals surface area (Å²) >= 11 is 1.36. The van der Waals surface area contributed by atoms with Crippen molar-refractivity contribution >= 4 is 28.3 Å². The number of rotatable bonds is 7. The van der Waals surface area contributed by atoms with E-state index in [9.17, 15) is 9.59 Å². The van der Waals surface area contributed by atoms with Crippen molar-refractivity contribution in [1.82, 2.24) is 15.1 Å². The van der Waals surface area contributed by atoms with Gasteiger partial charge in [0.05, 0.1) is 12.5 Å². The second-order valence-electron chi connectivity index (χ2n) is 8.24. The van der Waals surface area contributed by atoms with Gasteiger partial charge in [0.25, 0.3) is 0 Å². The van der Waals surface area contributed by atoms with Crippen LogP contribution in [-0.2, 0) is 16.0 Å². The van der Waals surface area contributed by atoms with E-state index >= 15 is 0 Å². The number of aryl methyl sites for hydroxylation is 2. The molecular formula is C22H28N4O3S. The van der Waals surface area contributed by atoms with Gasteiger partial charge in [-0.05, 0) is 43.9 Å². The molecule has 2 heterocycles. The summed E-state index contributed by atoms with van der Waals surface area (Å²) in [6.45, 7) is 5.08. The molecule has 0 spiro atoms. The molecule has 7 nitrogen and oxygen atoms in total. The van der Waals surface area contributed by atoms with Crippen LogP contribution in [0.1, 0.15) is 48.2 Å². The number of amides is 2. The van der Waals surface area contributed by atoms with Crippen molar-refractivity contribution in [2.75, 3.05) is 18.5 Å². The predicted molar refractivity (Wildman–Crippen MR) is 116 cm³/mol. The minimum absolute atomic E-state index is 0.101. The van der Waals surface area contributed by atoms with Gasteiger partial charge < -0.3 is 15.0 Å². The molecule has 1 saturated heterocycles. The number of carbonyl (C=O) groups is 2. The fourth-order valence-electron chi connectivity index (χ4n) is 4.20. The molecule has 1 unspecified atom stereocenters. The lowest BCUT2D eigenvalue weighted by Gasteiger charge is -2.23. The van der Waals surface area contributed by atoms with Crippen molar-refractivity contribution in [3.05, 3.63) is 34.3 Å². The SMILES string of the molecule is Cc1ccc(C)c(OCCc2nnc(NC(=O)C3CC(=O)N(C4CCCC4)C3)s2)c1. The number of nitrogens with zero attached hydrogens (tertiary/aromatic N) is 3. The van der Waals surface area contributed by atoms with Crippen LogP contribution >= 0.6 is 11.3 Å². The first-order valence-electron chi connectivity index (χ1n) is 10.6. The van der Waals surface area contributed by atoms with Crippen LogP contribution in [0, 0.1) is 19.8 Å². The van der Waals surface area contributed by atoms with Gasteiger partial charge in [-0.1, -0.05) is 36.3 Å². The monoisotopic (exact) mass is 428 g/mol. The predicted octanol–water partition coefficient (Wildman–Crippen LogP) is 3.51. The molecule has 1 atom stereocenters. The van der Waals surface area contributed by atoms with Crippen molar-refractivity contribution in [3.63, 3.8) is 0 Å². The average molecular weight is 429 g/mol. The summed E-state index contributed by atoms with van der Waals surface area (Å²) in [4.78, 5) is 26.9. The highest BCUT2D eigenvalue weighted by Gasteiger charge is 2.38. The van der Waals surface area contributed by atoms with E-state index in [2.05, 4.69) is 21.6 Å². The summed E-state index contributed by atoms with van der Waals surface area (Å²) in [6, 6.07) is 6.46. The molecule has 1 saturated carbocycles. The molecule has 0 radical (unpaired) electrons. The molecule has 1 aliphatic heterocycles. The molecule has 2 aromatic rings. The Balaban J connectivity index is 1.26. The highest BCUT2D eigenvalue weighted by molar-refractivity contribution is 7.15. The highest BCUT2D eigenvalue weighted by Crippen LogP contribution is 2.30. The first-order valence-corrected chi connectivity index (χ1v) is 11.4. The number of carbonyl (C=O) groups excluding carboxylic acids is 2. The number of benzene rings is 1. The maximum atomic E-state index is 12.6. The van der Waals surface area contributed by atoms with Gasteiger partial charge in [0.2, 0.25) is 16.9 Å². The Labute approximate surface area is 180 Å². The third-order valence-corrected chi connectivity index (χ3v) is 6.81. The number of hydrogen-bond donors (Lipinski definition) is 1. The van der Waals surface area contributed by atoms with Crippen LogP contribution in [0.4, 0.5) is 5.13 Å². The minimum atomic E-state index is -0.307. The number of likely N-dealkylation sites (tertiary alicyclic amines) is 1. The smallest absolute Gasteiger partial charge is 0.231 e. The number of aromatic nitrogens is 2. The van der Waals surface area contributed by atoms with Gasteiger partial charge in [-0.2, -0.15) is 0 Å². The van der Waals surface area contributed by atoms with Gasteiger partial charge in [-0.15, -0.1) is 10.2 Å². The van der Waals surface area contributed by atoms with E-state index in [4.69, 9.17) is 4.74 Å². The van der Waals surface area contributed by atoms with Crippen LogP contribution in [0.25, 0.3) is 0 Å². The van der Waals surface area contributed by atoms with Gasteiger partial charge >= 0.3 is 0 Å². The number of hydrogen-bond acceptors (Lipinski definition) is 6. The van der Waals surface area contributed by atoms with Gasteiger partial charge in [-0.3, -0.25) is 9.59 Å². The molecule has 2 aliphatic rings. The fourth-order valence-corrected chi connectivity index (χ4v) is 4.92. The molecule has 30 heavy (non-hydrogen) atoms. The molecule has 1 aliphatic carbocycles. The van der Waals surface area contributed by atoms with E-state index in [1.54, 1.807) is 0 Å². The molecule has 160 valence electrons. The van der Waals surface area contributed by atoms with E-state index in [0.29, 0.717) is 30.7 Å². The molecular weight excluding hydrogens is 400 g/mol. The number of ether oxygens (including phenoxy) is 1. The zero-order valence-electron chi connectivity index (χ0n) is 17.5. The van der Waals surface area contributed by atoms with Crippen molar-refractivity contribution in [3.8, 4) is 5.75 Å². The average Bonchev–Trinajstić information content (AvgIpc) is 3.46. The van der Waals surface area contributed by atoms with E-state index in [-0.39, 0.29) is 24.2 Å². The van der Waals surface area contributed by atoms with Gasteiger partial charge in [0.1, 0.15) is 10.8 Å². The first kappa shape index (κ1) is 20.8. The zero-order valence-corrected chi connectivity index (χ0v) is 18.3. The topological polar surface area (TPSA) is 84.4 Å². The van der Waals surface area contributed by atoms with Crippen LogP contribution < -0.4 is 10.1 Å². The maximum absolute atomic E-state index is 12.6. The van der Waals surface area contributed by atoms with Gasteiger partial charge in [0, 0.05) is 25.4 Å². The second kappa shape index (κ2) is 9.12. The summed E-state index contributed by atoms with van der Waals surface area (Å²) < 4.78 is 5.87. The quantitative estimate of drug-likeness (QED) is 0.730. The molecule has 0 bridgehead atoms. The lowest BCUT2D eigenvalue weighted by atomic mass is 10.1. The lowest BCUT2D eigenvalue weighted by Crippen LogP contribution is -2.35. The van der Waals surface area contributed by atoms with Crippen LogP contribution in [-0.4, -0.2) is 46.1 Å². The summed E-state index contributed by atoms with van der Waals surface area (Å²) in [5, 5.41) is 12.4. The molecule has 8 heteroatoms. The molecule has 1 aromatic carbocycles. The second-order valence-corrected chi connectivity index (χ2v) is 9.31. The van der Waals surface area contributed by atoms with Crippen molar-refractivity contribution < 1.29 is 14.3 Å². The maximum Gasteiger partial charge on any atom is 0.231 e. The van der Waals surface area contributed by atoms with Crippen LogP contribution in [0.3, 0.4) is 0 Å². The normalized spacial score (nSPS) is 19.5. The lowest BCUT2D eigenvalue weighted by molar-refractivity contribution is -0.129. The van der Waals surface area contributed by atoms with E-state index in [1.807, 2.05) is 30.9 Å². The Morgan fingerprint density at radius 1 is 1.27 bits per heavy atom. The Morgan fingerprint density at radius 2 is 2.07 bits per heavy atom. The number of anilines is 1. The van der Waals surface area contributed by atoms with Crippen molar-refractivity contribution in [2.45, 2.75) is 58.4 Å². The van der Waals surface area contributed by atoms with E-state index in [0.717, 1.165) is 34.7 Å². The van der Waals surface area contributed by atoms with E-state index in [1.165, 1.54) is 24.2 Å². The largest absolute Gasteiger partial charge is 0.493 e. The van der Waals surface area contributed by atoms with Crippen LogP contribution in [0.15, 0.2) is 18.2 Å². The standard InChI is InChI=1S/C22H28N4O3S/c1-14-7-8-15(2)18(11-14)29-10-9-19-24-25-22(30-19)23-21(28)16-12-20(27)26(13-16)17-5-3-4-6-17/h7-8,11,16-17H,3-6,9-10,12-13H2,1-2H3,(H,23,25,28). The van der Waals surface area contributed by atoms with Crippen molar-refractivity contribution in [1.29, 1.82) is 0 Å². The molecule has 1 N–H and O–H groups in total. The van der Waals surface area contributed by atoms with Crippen LogP contribution in [0.2, 0.25) is 0 Å². The Morgan fingerprint density at radius 3 is 2.87 bits per heavy atom. The van der Waals surface area contributed by atoms with Crippen molar-refractivity contribution in [2.24, 2.45) is 5.92 Å². The molecule has 1 aromatic heterocycles. The third-order valence-electron chi connectivity index (χ3n) is 5.91. The van der Waals surface area contributed by atoms with E-state index < -0.39 is 0 Å². The molecule has 4 rings (SSSR count). The molecule has 2 amide bonds. The third kappa shape index (κ3) is 4.80. The van der Waals surface area contributed by atoms with Gasteiger partial charge in [-0.25, -0.2) is 0 Å². The summed E-state index contributed by atoms with van der Waals surface area (Å²) in [7, 11) is 0. The van der Waals surface area contributed by atoms with Gasteiger partial charge in [0.15, 0.2) is 0 Å². The Kier molecular flexibility index (Phi) is 6.32. The zero-order chi connectivity index (χ0) is 21.1.